The van der Waals surface area contributed by atoms with Gasteiger partial charge in [0.05, 0.1) is 0 Å². The maximum absolute atomic E-state index is 5.93. The molecule has 104 valence electrons. The highest BCUT2D eigenvalue weighted by Gasteiger charge is 2.30. The first kappa shape index (κ1) is 14.1. The monoisotopic (exact) mass is 313 g/mol. The second-order valence-corrected chi connectivity index (χ2v) is 8.39. The Morgan fingerprint density at radius 1 is 1.16 bits per heavy atom. The Morgan fingerprint density at radius 3 is 2.63 bits per heavy atom. The minimum atomic E-state index is 0.730. The van der Waals surface area contributed by atoms with Crippen molar-refractivity contribution in [3.63, 3.8) is 0 Å². The fraction of sp³-hybridized carbons (Fsp3) is 0.600. The standard InChI is InChI=1S/C15H20ClNS2/c16-13-3-1-11(2-4-13)12-7-14(8-12)17-9-15-10-18-5-6-19-15/h1-4,12,14-15,17H,5-10H2. The van der Waals surface area contributed by atoms with E-state index >= 15 is 0 Å². The molecule has 1 aromatic rings. The maximum Gasteiger partial charge on any atom is 0.0406 e. The molecule has 1 atom stereocenters. The van der Waals surface area contributed by atoms with Gasteiger partial charge in [-0.25, -0.2) is 0 Å². The van der Waals surface area contributed by atoms with E-state index < -0.39 is 0 Å². The predicted molar refractivity (Wildman–Crippen MR) is 88.8 cm³/mol. The normalized spacial score (nSPS) is 30.9. The Hall–Kier alpha value is 0.170. The minimum absolute atomic E-state index is 0.730. The zero-order chi connectivity index (χ0) is 13.1. The lowest BCUT2D eigenvalue weighted by molar-refractivity contribution is 0.293. The fourth-order valence-electron chi connectivity index (χ4n) is 2.74. The van der Waals surface area contributed by atoms with E-state index in [2.05, 4.69) is 41.0 Å². The van der Waals surface area contributed by atoms with Crippen LogP contribution in [0.5, 0.6) is 0 Å². The number of thioether (sulfide) groups is 2. The van der Waals surface area contributed by atoms with Crippen molar-refractivity contribution < 1.29 is 0 Å². The number of hydrogen-bond acceptors (Lipinski definition) is 3. The molecule has 1 aromatic carbocycles. The minimum Gasteiger partial charge on any atom is -0.313 e. The molecular weight excluding hydrogens is 294 g/mol. The molecule has 2 fully saturated rings. The van der Waals surface area contributed by atoms with Gasteiger partial charge in [-0.1, -0.05) is 23.7 Å². The van der Waals surface area contributed by atoms with E-state index in [1.165, 1.54) is 42.2 Å². The molecule has 1 aliphatic heterocycles. The molecule has 1 nitrogen and oxygen atoms in total. The summed E-state index contributed by atoms with van der Waals surface area (Å²) < 4.78 is 0. The molecular formula is C15H20ClNS2. The van der Waals surface area contributed by atoms with Crippen LogP contribution in [0.1, 0.15) is 24.3 Å². The molecule has 1 heterocycles. The molecule has 0 amide bonds. The van der Waals surface area contributed by atoms with E-state index in [1.54, 1.807) is 0 Å². The van der Waals surface area contributed by atoms with Gasteiger partial charge in [0.1, 0.15) is 0 Å². The second-order valence-electron chi connectivity index (χ2n) is 5.39. The topological polar surface area (TPSA) is 12.0 Å². The van der Waals surface area contributed by atoms with Gasteiger partial charge in [0.15, 0.2) is 0 Å². The Kier molecular flexibility index (Phi) is 5.02. The molecule has 1 aliphatic carbocycles. The van der Waals surface area contributed by atoms with Gasteiger partial charge in [-0.3, -0.25) is 0 Å². The van der Waals surface area contributed by atoms with E-state index in [0.29, 0.717) is 0 Å². The summed E-state index contributed by atoms with van der Waals surface area (Å²) in [7, 11) is 0. The summed E-state index contributed by atoms with van der Waals surface area (Å²) in [6.07, 6.45) is 2.57. The summed E-state index contributed by atoms with van der Waals surface area (Å²) >= 11 is 10.2. The molecule has 0 aromatic heterocycles. The van der Waals surface area contributed by atoms with E-state index in [1.807, 2.05) is 12.1 Å². The van der Waals surface area contributed by atoms with Gasteiger partial charge in [-0.2, -0.15) is 23.5 Å². The highest BCUT2D eigenvalue weighted by molar-refractivity contribution is 8.06. The van der Waals surface area contributed by atoms with Gasteiger partial charge < -0.3 is 5.32 Å². The van der Waals surface area contributed by atoms with Crippen molar-refractivity contribution in [3.8, 4) is 0 Å². The third-order valence-corrected chi connectivity index (χ3v) is 7.10. The van der Waals surface area contributed by atoms with E-state index in [9.17, 15) is 0 Å². The Bertz CT molecular complexity index is 397. The lowest BCUT2D eigenvalue weighted by Crippen LogP contribution is -2.43. The van der Waals surface area contributed by atoms with Crippen molar-refractivity contribution in [2.45, 2.75) is 30.1 Å². The number of nitrogens with one attached hydrogen (secondary N) is 1. The SMILES string of the molecule is Clc1ccc(C2CC(NCC3CSCCS3)C2)cc1. The summed E-state index contributed by atoms with van der Waals surface area (Å²) in [6, 6.07) is 9.10. The largest absolute Gasteiger partial charge is 0.313 e. The molecule has 4 heteroatoms. The highest BCUT2D eigenvalue weighted by Crippen LogP contribution is 2.37. The number of hydrogen-bond donors (Lipinski definition) is 1. The molecule has 1 N–H and O–H groups in total. The van der Waals surface area contributed by atoms with Crippen LogP contribution in [0.4, 0.5) is 0 Å². The Morgan fingerprint density at radius 2 is 1.95 bits per heavy atom. The molecule has 2 aliphatic rings. The van der Waals surface area contributed by atoms with Crippen LogP contribution in [0.2, 0.25) is 5.02 Å². The molecule has 19 heavy (non-hydrogen) atoms. The summed E-state index contributed by atoms with van der Waals surface area (Å²) in [5.74, 6) is 4.73. The molecule has 0 bridgehead atoms. The van der Waals surface area contributed by atoms with Crippen LogP contribution in [0.15, 0.2) is 24.3 Å². The van der Waals surface area contributed by atoms with Gasteiger partial charge in [0, 0.05) is 40.1 Å². The van der Waals surface area contributed by atoms with Crippen LogP contribution in [0.25, 0.3) is 0 Å². The summed E-state index contributed by atoms with van der Waals surface area (Å²) in [5, 5.41) is 5.40. The van der Waals surface area contributed by atoms with Crippen LogP contribution >= 0.6 is 35.1 Å². The average molecular weight is 314 g/mol. The zero-order valence-electron chi connectivity index (χ0n) is 11.0. The third kappa shape index (κ3) is 3.84. The number of rotatable bonds is 4. The van der Waals surface area contributed by atoms with Crippen molar-refractivity contribution >= 4 is 35.1 Å². The molecule has 1 saturated heterocycles. The van der Waals surface area contributed by atoms with Crippen LogP contribution in [0.3, 0.4) is 0 Å². The first-order valence-electron chi connectivity index (χ1n) is 6.99. The van der Waals surface area contributed by atoms with Crippen LogP contribution < -0.4 is 5.32 Å². The maximum atomic E-state index is 5.93. The number of halogens is 1. The van der Waals surface area contributed by atoms with Crippen molar-refractivity contribution in [3.05, 3.63) is 34.9 Å². The third-order valence-electron chi connectivity index (χ3n) is 4.00. The first-order valence-corrected chi connectivity index (χ1v) is 9.57. The van der Waals surface area contributed by atoms with Crippen LogP contribution in [-0.2, 0) is 0 Å². The van der Waals surface area contributed by atoms with Crippen molar-refractivity contribution in [2.75, 3.05) is 23.8 Å². The lowest BCUT2D eigenvalue weighted by Gasteiger charge is -2.37. The summed E-state index contributed by atoms with van der Waals surface area (Å²) in [5.41, 5.74) is 1.45. The smallest absolute Gasteiger partial charge is 0.0406 e. The zero-order valence-corrected chi connectivity index (χ0v) is 13.4. The van der Waals surface area contributed by atoms with Crippen molar-refractivity contribution in [1.82, 2.24) is 5.32 Å². The molecule has 3 rings (SSSR count). The first-order chi connectivity index (χ1) is 9.31. The summed E-state index contributed by atoms with van der Waals surface area (Å²) in [6.45, 7) is 1.19. The Labute approximate surface area is 129 Å². The molecule has 0 radical (unpaired) electrons. The number of benzene rings is 1. The van der Waals surface area contributed by atoms with Gasteiger partial charge in [-0.15, -0.1) is 0 Å². The second kappa shape index (κ2) is 6.75. The van der Waals surface area contributed by atoms with Gasteiger partial charge >= 0.3 is 0 Å². The average Bonchev–Trinajstić information content (AvgIpc) is 2.40. The Balaban J connectivity index is 1.39. The summed E-state index contributed by atoms with van der Waals surface area (Å²) in [4.78, 5) is 0. The van der Waals surface area contributed by atoms with Gasteiger partial charge in [0.25, 0.3) is 0 Å². The lowest BCUT2D eigenvalue weighted by atomic mass is 9.76. The molecule has 1 saturated carbocycles. The van der Waals surface area contributed by atoms with Gasteiger partial charge in [0.2, 0.25) is 0 Å². The molecule has 0 spiro atoms. The van der Waals surface area contributed by atoms with Gasteiger partial charge in [-0.05, 0) is 36.5 Å². The van der Waals surface area contributed by atoms with E-state index in [4.69, 9.17) is 11.6 Å². The van der Waals surface area contributed by atoms with Crippen LogP contribution in [0, 0.1) is 0 Å². The predicted octanol–water partition coefficient (Wildman–Crippen LogP) is 4.02. The van der Waals surface area contributed by atoms with Crippen molar-refractivity contribution in [2.24, 2.45) is 0 Å². The highest BCUT2D eigenvalue weighted by atomic mass is 35.5. The van der Waals surface area contributed by atoms with E-state index in [0.717, 1.165) is 22.2 Å². The van der Waals surface area contributed by atoms with E-state index in [-0.39, 0.29) is 0 Å². The van der Waals surface area contributed by atoms with Crippen molar-refractivity contribution in [1.29, 1.82) is 0 Å². The molecule has 1 unspecified atom stereocenters. The quantitative estimate of drug-likeness (QED) is 0.901. The van der Waals surface area contributed by atoms with Crippen LogP contribution in [-0.4, -0.2) is 35.1 Å². The fourth-order valence-corrected chi connectivity index (χ4v) is 5.49.